The highest BCUT2D eigenvalue weighted by molar-refractivity contribution is 5.76. The van der Waals surface area contributed by atoms with Gasteiger partial charge in [-0.15, -0.1) is 0 Å². The molecule has 0 N–H and O–H groups in total. The van der Waals surface area contributed by atoms with Crippen LogP contribution in [-0.2, 0) is 0 Å². The Kier molecular flexibility index (Phi) is 3.40. The standard InChI is InChI=1S/C13H18N2/c1-6-14-12-11(8-7-9-15-12)10(2)13(3,4)5/h6-9H,2H2,1,3-5H3/b14-6-. The van der Waals surface area contributed by atoms with Crippen molar-refractivity contribution in [2.45, 2.75) is 27.7 Å². The first kappa shape index (κ1) is 11.6. The molecule has 0 spiro atoms. The Morgan fingerprint density at radius 3 is 2.67 bits per heavy atom. The number of aliphatic imine (C=N–C) groups is 1. The fraction of sp³-hybridized carbons (Fsp3) is 0.385. The van der Waals surface area contributed by atoms with Crippen LogP contribution in [0.5, 0.6) is 0 Å². The number of allylic oxidation sites excluding steroid dienone is 1. The number of pyridine rings is 1. The quantitative estimate of drug-likeness (QED) is 0.668. The van der Waals surface area contributed by atoms with Gasteiger partial charge in [0, 0.05) is 18.0 Å². The lowest BCUT2D eigenvalue weighted by Gasteiger charge is -2.22. The Bertz CT molecular complexity index is 384. The summed E-state index contributed by atoms with van der Waals surface area (Å²) in [6.07, 6.45) is 3.50. The Balaban J connectivity index is 3.20. The van der Waals surface area contributed by atoms with Crippen LogP contribution in [0.3, 0.4) is 0 Å². The van der Waals surface area contributed by atoms with Gasteiger partial charge < -0.3 is 0 Å². The van der Waals surface area contributed by atoms with Crippen LogP contribution in [0.15, 0.2) is 29.9 Å². The largest absolute Gasteiger partial charge is 0.241 e. The Morgan fingerprint density at radius 2 is 2.13 bits per heavy atom. The maximum Gasteiger partial charge on any atom is 0.159 e. The van der Waals surface area contributed by atoms with E-state index in [9.17, 15) is 0 Å². The van der Waals surface area contributed by atoms with Gasteiger partial charge in [-0.05, 0) is 30.0 Å². The molecule has 80 valence electrons. The molecule has 0 radical (unpaired) electrons. The number of rotatable bonds is 2. The molecular formula is C13H18N2. The van der Waals surface area contributed by atoms with Gasteiger partial charge in [0.25, 0.3) is 0 Å². The topological polar surface area (TPSA) is 25.2 Å². The zero-order valence-electron chi connectivity index (χ0n) is 9.91. The molecule has 0 aliphatic rings. The van der Waals surface area contributed by atoms with Gasteiger partial charge in [0.2, 0.25) is 0 Å². The summed E-state index contributed by atoms with van der Waals surface area (Å²) in [5, 5.41) is 0. The molecule has 1 heterocycles. The zero-order valence-corrected chi connectivity index (χ0v) is 9.91. The minimum atomic E-state index is 0.0427. The number of hydrogen-bond donors (Lipinski definition) is 0. The van der Waals surface area contributed by atoms with Gasteiger partial charge in [-0.25, -0.2) is 9.98 Å². The predicted octanol–water partition coefficient (Wildman–Crippen LogP) is 3.86. The third kappa shape index (κ3) is 2.75. The van der Waals surface area contributed by atoms with Crippen LogP contribution >= 0.6 is 0 Å². The van der Waals surface area contributed by atoms with E-state index in [0.717, 1.165) is 17.0 Å². The lowest BCUT2D eigenvalue weighted by atomic mass is 9.83. The maximum absolute atomic E-state index is 4.24. The van der Waals surface area contributed by atoms with Crippen molar-refractivity contribution in [1.29, 1.82) is 0 Å². The van der Waals surface area contributed by atoms with Crippen molar-refractivity contribution in [2.24, 2.45) is 10.4 Å². The van der Waals surface area contributed by atoms with Crippen molar-refractivity contribution < 1.29 is 0 Å². The lowest BCUT2D eigenvalue weighted by molar-refractivity contribution is 0.568. The summed E-state index contributed by atoms with van der Waals surface area (Å²) in [4.78, 5) is 8.49. The van der Waals surface area contributed by atoms with Crippen LogP contribution < -0.4 is 0 Å². The average Bonchev–Trinajstić information content (AvgIpc) is 2.17. The molecule has 0 fully saturated rings. The minimum Gasteiger partial charge on any atom is -0.241 e. The summed E-state index contributed by atoms with van der Waals surface area (Å²) in [7, 11) is 0. The summed E-state index contributed by atoms with van der Waals surface area (Å²) in [5.41, 5.74) is 2.14. The second kappa shape index (κ2) is 4.39. The molecule has 0 amide bonds. The molecule has 0 saturated carbocycles. The monoisotopic (exact) mass is 202 g/mol. The predicted molar refractivity (Wildman–Crippen MR) is 66.6 cm³/mol. The molecule has 1 aromatic heterocycles. The van der Waals surface area contributed by atoms with Crippen LogP contribution in [0, 0.1) is 5.41 Å². The molecule has 2 nitrogen and oxygen atoms in total. The van der Waals surface area contributed by atoms with Gasteiger partial charge in [-0.3, -0.25) is 0 Å². The van der Waals surface area contributed by atoms with E-state index in [-0.39, 0.29) is 5.41 Å². The molecule has 0 bridgehead atoms. The van der Waals surface area contributed by atoms with E-state index in [1.165, 1.54) is 0 Å². The van der Waals surface area contributed by atoms with Gasteiger partial charge in [-0.2, -0.15) is 0 Å². The van der Waals surface area contributed by atoms with Crippen molar-refractivity contribution in [3.63, 3.8) is 0 Å². The molecule has 15 heavy (non-hydrogen) atoms. The smallest absolute Gasteiger partial charge is 0.159 e. The van der Waals surface area contributed by atoms with E-state index in [1.807, 2.05) is 19.1 Å². The van der Waals surface area contributed by atoms with Gasteiger partial charge in [0.1, 0.15) is 0 Å². The molecule has 0 aromatic carbocycles. The van der Waals surface area contributed by atoms with Crippen LogP contribution in [0.1, 0.15) is 33.3 Å². The Hall–Kier alpha value is -1.44. The summed E-state index contributed by atoms with van der Waals surface area (Å²) in [6, 6.07) is 3.93. The van der Waals surface area contributed by atoms with E-state index in [2.05, 4.69) is 37.3 Å². The fourth-order valence-corrected chi connectivity index (χ4v) is 1.26. The summed E-state index contributed by atoms with van der Waals surface area (Å²) in [6.45, 7) is 12.4. The lowest BCUT2D eigenvalue weighted by Crippen LogP contribution is -2.07. The molecule has 0 atom stereocenters. The molecular weight excluding hydrogens is 184 g/mol. The minimum absolute atomic E-state index is 0.0427. The Labute approximate surface area is 91.8 Å². The van der Waals surface area contributed by atoms with Gasteiger partial charge in [0.15, 0.2) is 5.82 Å². The van der Waals surface area contributed by atoms with E-state index < -0.39 is 0 Å². The van der Waals surface area contributed by atoms with Gasteiger partial charge in [0.05, 0.1) is 0 Å². The summed E-state index contributed by atoms with van der Waals surface area (Å²) < 4.78 is 0. The van der Waals surface area contributed by atoms with Crippen LogP contribution in [-0.4, -0.2) is 11.2 Å². The van der Waals surface area contributed by atoms with Crippen molar-refractivity contribution in [3.05, 3.63) is 30.5 Å². The first-order valence-corrected chi connectivity index (χ1v) is 5.10. The second-order valence-electron chi connectivity index (χ2n) is 4.49. The number of nitrogens with zero attached hydrogens (tertiary/aromatic N) is 2. The molecule has 1 rings (SSSR count). The molecule has 0 aliphatic heterocycles. The first-order valence-electron chi connectivity index (χ1n) is 5.10. The molecule has 0 unspecified atom stereocenters. The zero-order chi connectivity index (χ0) is 11.5. The molecule has 1 aromatic rings. The molecule has 0 saturated heterocycles. The highest BCUT2D eigenvalue weighted by Crippen LogP contribution is 2.35. The fourth-order valence-electron chi connectivity index (χ4n) is 1.26. The third-order valence-corrected chi connectivity index (χ3v) is 2.27. The van der Waals surface area contributed by atoms with E-state index in [0.29, 0.717) is 0 Å². The second-order valence-corrected chi connectivity index (χ2v) is 4.49. The van der Waals surface area contributed by atoms with Crippen LogP contribution in [0.25, 0.3) is 5.57 Å². The average molecular weight is 202 g/mol. The molecule has 0 aliphatic carbocycles. The summed E-state index contributed by atoms with van der Waals surface area (Å²) >= 11 is 0. The highest BCUT2D eigenvalue weighted by Gasteiger charge is 2.18. The van der Waals surface area contributed by atoms with E-state index in [4.69, 9.17) is 0 Å². The van der Waals surface area contributed by atoms with Crippen molar-refractivity contribution in [3.8, 4) is 0 Å². The van der Waals surface area contributed by atoms with E-state index >= 15 is 0 Å². The molecule has 2 heteroatoms. The number of aromatic nitrogens is 1. The van der Waals surface area contributed by atoms with Crippen molar-refractivity contribution in [2.75, 3.05) is 0 Å². The third-order valence-electron chi connectivity index (χ3n) is 2.27. The van der Waals surface area contributed by atoms with Crippen LogP contribution in [0.4, 0.5) is 5.82 Å². The SMILES string of the molecule is C=C(c1cccnc1/N=C\C)C(C)(C)C. The highest BCUT2D eigenvalue weighted by atomic mass is 14.9. The Morgan fingerprint density at radius 1 is 1.47 bits per heavy atom. The van der Waals surface area contributed by atoms with Crippen LogP contribution in [0.2, 0.25) is 0 Å². The van der Waals surface area contributed by atoms with Gasteiger partial charge in [-0.1, -0.05) is 27.4 Å². The van der Waals surface area contributed by atoms with Crippen molar-refractivity contribution >= 4 is 17.6 Å². The summed E-state index contributed by atoms with van der Waals surface area (Å²) in [5.74, 6) is 0.750. The first-order chi connectivity index (χ1) is 6.96. The van der Waals surface area contributed by atoms with Crippen molar-refractivity contribution in [1.82, 2.24) is 4.98 Å². The van der Waals surface area contributed by atoms with Gasteiger partial charge >= 0.3 is 0 Å². The maximum atomic E-state index is 4.24. The normalized spacial score (nSPS) is 12.0. The number of hydrogen-bond acceptors (Lipinski definition) is 2. The van der Waals surface area contributed by atoms with E-state index in [1.54, 1.807) is 12.4 Å².